The van der Waals surface area contributed by atoms with Crippen LogP contribution in [0, 0.1) is 0 Å². The van der Waals surface area contributed by atoms with Crippen LogP contribution in [0.3, 0.4) is 0 Å². The van der Waals surface area contributed by atoms with E-state index in [1.54, 1.807) is 0 Å². The van der Waals surface area contributed by atoms with Crippen LogP contribution in [-0.2, 0) is 6.42 Å². The molecule has 1 nitrogen and oxygen atoms in total. The fourth-order valence-corrected chi connectivity index (χ4v) is 1.99. The molecule has 0 radical (unpaired) electrons. The number of alkyl halides is 1. The molecule has 0 bridgehead atoms. The first-order chi connectivity index (χ1) is 6.90. The van der Waals surface area contributed by atoms with E-state index in [1.165, 1.54) is 18.4 Å². The lowest BCUT2D eigenvalue weighted by Crippen LogP contribution is -2.12. The zero-order valence-corrected chi connectivity index (χ0v) is 8.30. The molecule has 1 aliphatic heterocycles. The number of hydrogen-bond acceptors (Lipinski definition) is 1. The third-order valence-corrected chi connectivity index (χ3v) is 2.83. The van der Waals surface area contributed by atoms with Crippen molar-refractivity contribution in [1.29, 1.82) is 0 Å². The van der Waals surface area contributed by atoms with Crippen molar-refractivity contribution in [1.82, 2.24) is 5.32 Å². The number of hydrogen-bond donors (Lipinski definition) is 1. The van der Waals surface area contributed by atoms with Crippen LogP contribution in [0.4, 0.5) is 4.39 Å². The van der Waals surface area contributed by atoms with Gasteiger partial charge in [-0.15, -0.1) is 0 Å². The highest BCUT2D eigenvalue weighted by molar-refractivity contribution is 5.25. The molecule has 0 spiro atoms. The predicted molar refractivity (Wildman–Crippen MR) is 56.1 cm³/mol. The Labute approximate surface area is 84.3 Å². The zero-order chi connectivity index (χ0) is 9.80. The van der Waals surface area contributed by atoms with Crippen molar-refractivity contribution >= 4 is 0 Å². The summed E-state index contributed by atoms with van der Waals surface area (Å²) in [5, 5.41) is 3.45. The molecule has 2 heteroatoms. The van der Waals surface area contributed by atoms with Crippen LogP contribution < -0.4 is 5.32 Å². The van der Waals surface area contributed by atoms with Gasteiger partial charge in [0.25, 0.3) is 0 Å². The van der Waals surface area contributed by atoms with E-state index in [0.717, 1.165) is 12.1 Å². The Morgan fingerprint density at radius 1 is 1.29 bits per heavy atom. The SMILES string of the molecule is FCCc1ccc(C2CCCN2)cc1. The first kappa shape index (κ1) is 9.66. The predicted octanol–water partition coefficient (Wildman–Crippen LogP) is 2.62. The van der Waals surface area contributed by atoms with Crippen molar-refractivity contribution in [2.24, 2.45) is 0 Å². The molecule has 1 N–H and O–H groups in total. The summed E-state index contributed by atoms with van der Waals surface area (Å²) in [6.07, 6.45) is 3.03. The van der Waals surface area contributed by atoms with Crippen molar-refractivity contribution in [3.05, 3.63) is 35.4 Å². The molecule has 14 heavy (non-hydrogen) atoms. The quantitative estimate of drug-likeness (QED) is 0.778. The van der Waals surface area contributed by atoms with Crippen LogP contribution in [-0.4, -0.2) is 13.2 Å². The van der Waals surface area contributed by atoms with Crippen LogP contribution in [0.25, 0.3) is 0 Å². The standard InChI is InChI=1S/C12H16FN/c13-8-7-10-3-5-11(6-4-10)12-2-1-9-14-12/h3-6,12,14H,1-2,7-9H2. The van der Waals surface area contributed by atoms with Gasteiger partial charge < -0.3 is 5.32 Å². The molecule has 76 valence electrons. The second kappa shape index (κ2) is 4.56. The Hall–Kier alpha value is -0.890. The first-order valence-electron chi connectivity index (χ1n) is 5.28. The highest BCUT2D eigenvalue weighted by Crippen LogP contribution is 2.23. The molecule has 0 amide bonds. The summed E-state index contributed by atoms with van der Waals surface area (Å²) >= 11 is 0. The van der Waals surface area contributed by atoms with Crippen molar-refractivity contribution in [3.8, 4) is 0 Å². The maximum absolute atomic E-state index is 12.1. The van der Waals surface area contributed by atoms with Gasteiger partial charge in [-0.3, -0.25) is 4.39 Å². The third kappa shape index (κ3) is 2.13. The third-order valence-electron chi connectivity index (χ3n) is 2.83. The van der Waals surface area contributed by atoms with Crippen LogP contribution in [0.2, 0.25) is 0 Å². The molecule has 2 rings (SSSR count). The molecular weight excluding hydrogens is 177 g/mol. The van der Waals surface area contributed by atoms with Gasteiger partial charge in [-0.1, -0.05) is 24.3 Å². The average Bonchev–Trinajstić information content (AvgIpc) is 2.72. The van der Waals surface area contributed by atoms with Gasteiger partial charge in [-0.2, -0.15) is 0 Å². The van der Waals surface area contributed by atoms with Crippen LogP contribution in [0.5, 0.6) is 0 Å². The zero-order valence-electron chi connectivity index (χ0n) is 8.30. The maximum atomic E-state index is 12.1. The lowest BCUT2D eigenvalue weighted by Gasteiger charge is -2.10. The van der Waals surface area contributed by atoms with E-state index in [2.05, 4.69) is 17.4 Å². The van der Waals surface area contributed by atoms with E-state index in [9.17, 15) is 4.39 Å². The summed E-state index contributed by atoms with van der Waals surface area (Å²) in [6, 6.07) is 8.83. The summed E-state index contributed by atoms with van der Waals surface area (Å²) in [5.41, 5.74) is 2.43. The van der Waals surface area contributed by atoms with Gasteiger partial charge in [0, 0.05) is 12.5 Å². The average molecular weight is 193 g/mol. The summed E-state index contributed by atoms with van der Waals surface area (Å²) in [6.45, 7) is 0.859. The van der Waals surface area contributed by atoms with Crippen molar-refractivity contribution < 1.29 is 4.39 Å². The van der Waals surface area contributed by atoms with E-state index in [4.69, 9.17) is 0 Å². The fraction of sp³-hybridized carbons (Fsp3) is 0.500. The number of benzene rings is 1. The van der Waals surface area contributed by atoms with E-state index in [0.29, 0.717) is 12.5 Å². The first-order valence-corrected chi connectivity index (χ1v) is 5.28. The largest absolute Gasteiger partial charge is 0.310 e. The molecule has 1 atom stereocenters. The molecule has 1 heterocycles. The molecule has 1 aromatic carbocycles. The second-order valence-electron chi connectivity index (χ2n) is 3.83. The molecule has 1 aliphatic rings. The number of aryl methyl sites for hydroxylation is 1. The fourth-order valence-electron chi connectivity index (χ4n) is 1.99. The smallest absolute Gasteiger partial charge is 0.0934 e. The molecule has 1 aromatic rings. The van der Waals surface area contributed by atoms with Crippen LogP contribution in [0.15, 0.2) is 24.3 Å². The lowest BCUT2D eigenvalue weighted by molar-refractivity contribution is 0.495. The summed E-state index contributed by atoms with van der Waals surface area (Å²) in [4.78, 5) is 0. The summed E-state index contributed by atoms with van der Waals surface area (Å²) < 4.78 is 12.1. The van der Waals surface area contributed by atoms with Gasteiger partial charge in [0.05, 0.1) is 6.67 Å². The maximum Gasteiger partial charge on any atom is 0.0934 e. The Balaban J connectivity index is 2.05. The minimum absolute atomic E-state index is 0.263. The molecule has 0 saturated carbocycles. The molecule has 0 aromatic heterocycles. The number of halogens is 1. The van der Waals surface area contributed by atoms with Crippen molar-refractivity contribution in [2.45, 2.75) is 25.3 Å². The number of nitrogens with one attached hydrogen (secondary N) is 1. The van der Waals surface area contributed by atoms with E-state index >= 15 is 0 Å². The molecule has 1 unspecified atom stereocenters. The monoisotopic (exact) mass is 193 g/mol. The van der Waals surface area contributed by atoms with Crippen molar-refractivity contribution in [3.63, 3.8) is 0 Å². The summed E-state index contributed by atoms with van der Waals surface area (Å²) in [5.74, 6) is 0. The van der Waals surface area contributed by atoms with E-state index < -0.39 is 0 Å². The Bertz CT molecular complexity index is 275. The van der Waals surface area contributed by atoms with E-state index in [1.807, 2.05) is 12.1 Å². The summed E-state index contributed by atoms with van der Waals surface area (Å²) in [7, 11) is 0. The Morgan fingerprint density at radius 3 is 2.64 bits per heavy atom. The minimum atomic E-state index is -0.263. The van der Waals surface area contributed by atoms with Gasteiger partial charge in [0.2, 0.25) is 0 Å². The molecule has 0 aliphatic carbocycles. The minimum Gasteiger partial charge on any atom is -0.310 e. The highest BCUT2D eigenvalue weighted by Gasteiger charge is 2.15. The molecule has 1 saturated heterocycles. The second-order valence-corrected chi connectivity index (χ2v) is 3.83. The molecule has 1 fully saturated rings. The Morgan fingerprint density at radius 2 is 2.07 bits per heavy atom. The van der Waals surface area contributed by atoms with Gasteiger partial charge in [0.15, 0.2) is 0 Å². The lowest BCUT2D eigenvalue weighted by atomic mass is 10.0. The van der Waals surface area contributed by atoms with Crippen LogP contribution >= 0.6 is 0 Å². The topological polar surface area (TPSA) is 12.0 Å². The van der Waals surface area contributed by atoms with Gasteiger partial charge in [-0.05, 0) is 30.5 Å². The van der Waals surface area contributed by atoms with Crippen molar-refractivity contribution in [2.75, 3.05) is 13.2 Å². The van der Waals surface area contributed by atoms with Gasteiger partial charge >= 0.3 is 0 Å². The van der Waals surface area contributed by atoms with Gasteiger partial charge in [0.1, 0.15) is 0 Å². The number of rotatable bonds is 3. The normalized spacial score (nSPS) is 21.4. The van der Waals surface area contributed by atoms with E-state index in [-0.39, 0.29) is 6.67 Å². The van der Waals surface area contributed by atoms with Gasteiger partial charge in [-0.25, -0.2) is 0 Å². The molecular formula is C12H16FN. The Kier molecular flexibility index (Phi) is 3.14. The highest BCUT2D eigenvalue weighted by atomic mass is 19.1. The van der Waals surface area contributed by atoms with Crippen LogP contribution in [0.1, 0.15) is 30.0 Å².